The highest BCUT2D eigenvalue weighted by molar-refractivity contribution is 5.44. The molecule has 0 aromatic heterocycles. The van der Waals surface area contributed by atoms with Crippen molar-refractivity contribution in [3.8, 4) is 0 Å². The van der Waals surface area contributed by atoms with Crippen LogP contribution in [0.1, 0.15) is 51.2 Å². The average molecular weight is 292 g/mol. The van der Waals surface area contributed by atoms with Gasteiger partial charge >= 0.3 is 0 Å². The molecule has 0 radical (unpaired) electrons. The van der Waals surface area contributed by atoms with Crippen LogP contribution in [0.5, 0.6) is 0 Å². The van der Waals surface area contributed by atoms with Crippen LogP contribution in [0.2, 0.25) is 0 Å². The smallest absolute Gasteiger partial charge is 0.272 e. The molecule has 0 aliphatic rings. The van der Waals surface area contributed by atoms with Crippen molar-refractivity contribution in [2.24, 2.45) is 5.92 Å². The molecule has 4 heteroatoms. The molecule has 0 aliphatic heterocycles. The van der Waals surface area contributed by atoms with Gasteiger partial charge in [0, 0.05) is 17.7 Å². The zero-order valence-electron chi connectivity index (χ0n) is 13.7. The van der Waals surface area contributed by atoms with Crippen molar-refractivity contribution in [1.82, 2.24) is 5.32 Å². The standard InChI is InChI=1S/C17H28N2O2/c1-5-11-18-16(12-13(2)3)10-9-15-7-6-8-17(14(15)4)19(20)21/h6-8,13,16,18H,5,9-12H2,1-4H3. The number of nitrogens with zero attached hydrogens (tertiary/aromatic N) is 1. The average Bonchev–Trinajstić information content (AvgIpc) is 2.42. The first-order chi connectivity index (χ1) is 9.95. The third-order valence-electron chi connectivity index (χ3n) is 3.82. The monoisotopic (exact) mass is 292 g/mol. The molecule has 1 unspecified atom stereocenters. The number of benzene rings is 1. The first-order valence-electron chi connectivity index (χ1n) is 7.92. The summed E-state index contributed by atoms with van der Waals surface area (Å²) in [6.07, 6.45) is 4.19. The Morgan fingerprint density at radius 2 is 2.05 bits per heavy atom. The van der Waals surface area contributed by atoms with Crippen molar-refractivity contribution >= 4 is 5.69 Å². The van der Waals surface area contributed by atoms with Gasteiger partial charge in [-0.1, -0.05) is 32.9 Å². The van der Waals surface area contributed by atoms with Gasteiger partial charge < -0.3 is 5.32 Å². The van der Waals surface area contributed by atoms with Crippen LogP contribution in [-0.2, 0) is 6.42 Å². The maximum Gasteiger partial charge on any atom is 0.272 e. The lowest BCUT2D eigenvalue weighted by Gasteiger charge is -2.21. The Bertz CT molecular complexity index is 458. The van der Waals surface area contributed by atoms with Gasteiger partial charge in [-0.3, -0.25) is 10.1 Å². The van der Waals surface area contributed by atoms with Gasteiger partial charge in [-0.25, -0.2) is 0 Å². The number of nitro benzene ring substituents is 1. The Morgan fingerprint density at radius 3 is 2.62 bits per heavy atom. The summed E-state index contributed by atoms with van der Waals surface area (Å²) in [5.41, 5.74) is 2.13. The minimum atomic E-state index is -0.292. The fourth-order valence-electron chi connectivity index (χ4n) is 2.69. The van der Waals surface area contributed by atoms with E-state index in [-0.39, 0.29) is 10.6 Å². The maximum atomic E-state index is 11.0. The molecular weight excluding hydrogens is 264 g/mol. The van der Waals surface area contributed by atoms with Crippen LogP contribution < -0.4 is 5.32 Å². The summed E-state index contributed by atoms with van der Waals surface area (Å²) in [6, 6.07) is 5.87. The highest BCUT2D eigenvalue weighted by Crippen LogP contribution is 2.23. The normalized spacial score (nSPS) is 12.6. The highest BCUT2D eigenvalue weighted by Gasteiger charge is 2.15. The van der Waals surface area contributed by atoms with Gasteiger partial charge in [-0.05, 0) is 50.6 Å². The third kappa shape index (κ3) is 5.84. The van der Waals surface area contributed by atoms with Crippen molar-refractivity contribution < 1.29 is 4.92 Å². The van der Waals surface area contributed by atoms with E-state index < -0.39 is 0 Å². The fraction of sp³-hybridized carbons (Fsp3) is 0.647. The summed E-state index contributed by atoms with van der Waals surface area (Å²) in [5.74, 6) is 0.658. The molecule has 21 heavy (non-hydrogen) atoms. The lowest BCUT2D eigenvalue weighted by Crippen LogP contribution is -2.31. The van der Waals surface area contributed by atoms with Crippen LogP contribution >= 0.6 is 0 Å². The first-order valence-corrected chi connectivity index (χ1v) is 7.92. The van der Waals surface area contributed by atoms with E-state index in [9.17, 15) is 10.1 Å². The van der Waals surface area contributed by atoms with E-state index >= 15 is 0 Å². The summed E-state index contributed by atoms with van der Waals surface area (Å²) in [5, 5.41) is 14.6. The first kappa shape index (κ1) is 17.6. The second-order valence-corrected chi connectivity index (χ2v) is 6.14. The van der Waals surface area contributed by atoms with Gasteiger partial charge in [0.2, 0.25) is 0 Å². The molecule has 1 atom stereocenters. The molecular formula is C17H28N2O2. The molecule has 1 aromatic carbocycles. The van der Waals surface area contributed by atoms with Crippen LogP contribution in [0.25, 0.3) is 0 Å². The number of nitrogens with one attached hydrogen (secondary N) is 1. The summed E-state index contributed by atoms with van der Waals surface area (Å²) < 4.78 is 0. The van der Waals surface area contributed by atoms with Crippen LogP contribution in [-0.4, -0.2) is 17.5 Å². The fourth-order valence-corrected chi connectivity index (χ4v) is 2.69. The molecule has 0 aliphatic carbocycles. The topological polar surface area (TPSA) is 55.2 Å². The van der Waals surface area contributed by atoms with Gasteiger partial charge in [0.25, 0.3) is 5.69 Å². The van der Waals surface area contributed by atoms with E-state index in [1.807, 2.05) is 13.0 Å². The van der Waals surface area contributed by atoms with Crippen LogP contribution in [0.4, 0.5) is 5.69 Å². The van der Waals surface area contributed by atoms with E-state index in [4.69, 9.17) is 0 Å². The number of hydrogen-bond acceptors (Lipinski definition) is 3. The van der Waals surface area contributed by atoms with Gasteiger partial charge in [0.15, 0.2) is 0 Å². The lowest BCUT2D eigenvalue weighted by molar-refractivity contribution is -0.385. The SMILES string of the molecule is CCCNC(CCc1cccc([N+](=O)[O-])c1C)CC(C)C. The van der Waals surface area contributed by atoms with Gasteiger partial charge in [-0.15, -0.1) is 0 Å². The zero-order valence-corrected chi connectivity index (χ0v) is 13.7. The Hall–Kier alpha value is -1.42. The Labute approximate surface area is 128 Å². The zero-order chi connectivity index (χ0) is 15.8. The molecule has 1 rings (SSSR count). The minimum absolute atomic E-state index is 0.231. The highest BCUT2D eigenvalue weighted by atomic mass is 16.6. The molecule has 0 saturated heterocycles. The van der Waals surface area contributed by atoms with E-state index in [1.54, 1.807) is 12.1 Å². The van der Waals surface area contributed by atoms with Crippen molar-refractivity contribution in [3.05, 3.63) is 39.4 Å². The molecule has 1 aromatic rings. The molecule has 118 valence electrons. The van der Waals surface area contributed by atoms with Crippen molar-refractivity contribution in [2.75, 3.05) is 6.54 Å². The second kappa shape index (κ2) is 8.78. The number of nitro groups is 1. The molecule has 4 nitrogen and oxygen atoms in total. The Morgan fingerprint density at radius 1 is 1.33 bits per heavy atom. The number of rotatable bonds is 9. The number of aryl methyl sites for hydroxylation is 1. The van der Waals surface area contributed by atoms with Gasteiger partial charge in [0.1, 0.15) is 0 Å². The van der Waals surface area contributed by atoms with Gasteiger partial charge in [-0.2, -0.15) is 0 Å². The van der Waals surface area contributed by atoms with E-state index in [0.717, 1.165) is 43.4 Å². The molecule has 0 spiro atoms. The summed E-state index contributed by atoms with van der Waals surface area (Å²) >= 11 is 0. The van der Waals surface area contributed by atoms with Crippen molar-refractivity contribution in [1.29, 1.82) is 0 Å². The molecule has 1 N–H and O–H groups in total. The van der Waals surface area contributed by atoms with E-state index in [0.29, 0.717) is 12.0 Å². The van der Waals surface area contributed by atoms with E-state index in [2.05, 4.69) is 26.1 Å². The van der Waals surface area contributed by atoms with Crippen molar-refractivity contribution in [3.63, 3.8) is 0 Å². The van der Waals surface area contributed by atoms with E-state index in [1.165, 1.54) is 0 Å². The van der Waals surface area contributed by atoms with Crippen LogP contribution in [0, 0.1) is 23.0 Å². The maximum absolute atomic E-state index is 11.0. The number of hydrogen-bond donors (Lipinski definition) is 1. The second-order valence-electron chi connectivity index (χ2n) is 6.14. The predicted octanol–water partition coefficient (Wildman–Crippen LogP) is 4.25. The van der Waals surface area contributed by atoms with Crippen LogP contribution in [0.3, 0.4) is 0 Å². The third-order valence-corrected chi connectivity index (χ3v) is 3.82. The molecule has 0 bridgehead atoms. The summed E-state index contributed by atoms with van der Waals surface area (Å²) in [7, 11) is 0. The Balaban J connectivity index is 2.70. The minimum Gasteiger partial charge on any atom is -0.314 e. The quantitative estimate of drug-likeness (QED) is 0.547. The summed E-state index contributed by atoms with van der Waals surface area (Å²) in [4.78, 5) is 10.7. The largest absolute Gasteiger partial charge is 0.314 e. The predicted molar refractivity (Wildman–Crippen MR) is 87.7 cm³/mol. The molecule has 0 heterocycles. The Kier molecular flexibility index (Phi) is 7.37. The summed E-state index contributed by atoms with van der Waals surface area (Å²) in [6.45, 7) is 9.53. The van der Waals surface area contributed by atoms with Crippen LogP contribution in [0.15, 0.2) is 18.2 Å². The molecule has 0 fully saturated rings. The molecule has 0 amide bonds. The van der Waals surface area contributed by atoms with Crippen molar-refractivity contribution in [2.45, 2.75) is 59.4 Å². The molecule has 0 saturated carbocycles. The lowest BCUT2D eigenvalue weighted by atomic mass is 9.95. The van der Waals surface area contributed by atoms with Gasteiger partial charge in [0.05, 0.1) is 4.92 Å².